The molecule has 1 aliphatic heterocycles. The first kappa shape index (κ1) is 16.3. The lowest BCUT2D eigenvalue weighted by atomic mass is 10.00. The number of methoxy groups -OCH3 is 1. The van der Waals surface area contributed by atoms with Gasteiger partial charge in [0.1, 0.15) is 5.75 Å². The second-order valence-electron chi connectivity index (χ2n) is 5.67. The molecule has 1 aromatic carbocycles. The highest BCUT2D eigenvalue weighted by Crippen LogP contribution is 2.29. The van der Waals surface area contributed by atoms with Crippen LogP contribution in [0.1, 0.15) is 31.7 Å². The van der Waals surface area contributed by atoms with Crippen LogP contribution in [0.2, 0.25) is 0 Å². The van der Waals surface area contributed by atoms with Crippen LogP contribution in [0, 0.1) is 6.92 Å². The summed E-state index contributed by atoms with van der Waals surface area (Å²) in [6.07, 6.45) is 2.74. The summed E-state index contributed by atoms with van der Waals surface area (Å²) in [4.78, 5) is 0.313. The molecule has 1 heterocycles. The van der Waals surface area contributed by atoms with E-state index in [4.69, 9.17) is 10.5 Å². The van der Waals surface area contributed by atoms with Gasteiger partial charge in [-0.2, -0.15) is 4.31 Å². The van der Waals surface area contributed by atoms with E-state index in [0.717, 1.165) is 24.8 Å². The van der Waals surface area contributed by atoms with Gasteiger partial charge in [-0.3, -0.25) is 0 Å². The van der Waals surface area contributed by atoms with Gasteiger partial charge in [0.15, 0.2) is 0 Å². The first-order valence-corrected chi connectivity index (χ1v) is 8.74. The zero-order valence-electron chi connectivity index (χ0n) is 12.9. The van der Waals surface area contributed by atoms with Gasteiger partial charge in [-0.05, 0) is 50.5 Å². The molecule has 2 N–H and O–H groups in total. The maximum absolute atomic E-state index is 12.9. The number of piperidine rings is 1. The lowest BCUT2D eigenvalue weighted by Gasteiger charge is -2.37. The minimum absolute atomic E-state index is 0.119. The van der Waals surface area contributed by atoms with E-state index in [1.807, 2.05) is 13.8 Å². The Morgan fingerprint density at radius 3 is 2.67 bits per heavy atom. The van der Waals surface area contributed by atoms with Crippen LogP contribution in [-0.4, -0.2) is 38.5 Å². The molecule has 0 spiro atoms. The molecule has 0 radical (unpaired) electrons. The van der Waals surface area contributed by atoms with Crippen LogP contribution in [0.3, 0.4) is 0 Å². The van der Waals surface area contributed by atoms with Gasteiger partial charge in [0.2, 0.25) is 10.0 Å². The van der Waals surface area contributed by atoms with E-state index in [0.29, 0.717) is 17.2 Å². The van der Waals surface area contributed by atoms with E-state index < -0.39 is 10.0 Å². The number of nitrogens with two attached hydrogens (primary N) is 1. The fourth-order valence-corrected chi connectivity index (χ4v) is 4.76. The van der Waals surface area contributed by atoms with Crippen molar-refractivity contribution in [3.63, 3.8) is 0 Å². The van der Waals surface area contributed by atoms with E-state index in [2.05, 4.69) is 0 Å². The monoisotopic (exact) mass is 312 g/mol. The van der Waals surface area contributed by atoms with E-state index in [-0.39, 0.29) is 12.1 Å². The lowest BCUT2D eigenvalue weighted by molar-refractivity contribution is 0.227. The molecular formula is C15H24N2O3S. The van der Waals surface area contributed by atoms with Gasteiger partial charge >= 0.3 is 0 Å². The third-order valence-corrected chi connectivity index (χ3v) is 6.00. The van der Waals surface area contributed by atoms with Crippen LogP contribution in [0.25, 0.3) is 0 Å². The van der Waals surface area contributed by atoms with E-state index >= 15 is 0 Å². The minimum Gasteiger partial charge on any atom is -0.496 e. The number of hydrogen-bond donors (Lipinski definition) is 1. The van der Waals surface area contributed by atoms with Crippen molar-refractivity contribution in [3.8, 4) is 5.75 Å². The standard InChI is InChI=1S/C15H24N2O3S/c1-11-10-13(7-8-15(11)20-3)21(18,19)17-9-5-4-6-14(17)12(2)16/h7-8,10,12,14H,4-6,9,16H2,1-3H3/t12-,14-/m1/s1. The Balaban J connectivity index is 2.38. The van der Waals surface area contributed by atoms with Crippen LogP contribution < -0.4 is 10.5 Å². The summed E-state index contributed by atoms with van der Waals surface area (Å²) in [6, 6.07) is 4.69. The van der Waals surface area contributed by atoms with Crippen molar-refractivity contribution in [2.75, 3.05) is 13.7 Å². The molecule has 1 aliphatic rings. The minimum atomic E-state index is -3.51. The maximum atomic E-state index is 12.9. The first-order chi connectivity index (χ1) is 9.87. The van der Waals surface area contributed by atoms with Crippen molar-refractivity contribution in [2.45, 2.75) is 50.1 Å². The van der Waals surface area contributed by atoms with Gasteiger partial charge in [0.05, 0.1) is 12.0 Å². The summed E-state index contributed by atoms with van der Waals surface area (Å²) < 4.78 is 32.5. The van der Waals surface area contributed by atoms with Gasteiger partial charge in [-0.1, -0.05) is 6.42 Å². The van der Waals surface area contributed by atoms with Gasteiger partial charge in [0.25, 0.3) is 0 Å². The highest BCUT2D eigenvalue weighted by Gasteiger charge is 2.35. The fourth-order valence-electron chi connectivity index (χ4n) is 2.90. The Hall–Kier alpha value is -1.11. The molecule has 1 fully saturated rings. The molecule has 0 aromatic heterocycles. The number of benzene rings is 1. The normalized spacial score (nSPS) is 22.0. The van der Waals surface area contributed by atoms with Gasteiger partial charge in [-0.15, -0.1) is 0 Å². The van der Waals surface area contributed by atoms with E-state index in [1.165, 1.54) is 0 Å². The Bertz CT molecular complexity index is 599. The second kappa shape index (κ2) is 6.34. The molecule has 0 aliphatic carbocycles. The molecule has 0 amide bonds. The third-order valence-electron chi connectivity index (χ3n) is 4.08. The summed E-state index contributed by atoms with van der Waals surface area (Å²) in [5.41, 5.74) is 6.79. The average molecular weight is 312 g/mol. The number of hydrogen-bond acceptors (Lipinski definition) is 4. The molecule has 0 bridgehead atoms. The number of rotatable bonds is 4. The Labute approximate surface area is 127 Å². The molecule has 2 rings (SSSR count). The van der Waals surface area contributed by atoms with Gasteiger partial charge < -0.3 is 10.5 Å². The van der Waals surface area contributed by atoms with Gasteiger partial charge in [-0.25, -0.2) is 8.42 Å². The predicted octanol–water partition coefficient (Wildman–Crippen LogP) is 1.89. The predicted molar refractivity (Wildman–Crippen MR) is 82.9 cm³/mol. The second-order valence-corrected chi connectivity index (χ2v) is 7.56. The average Bonchev–Trinajstić information content (AvgIpc) is 2.47. The number of aryl methyl sites for hydroxylation is 1. The fraction of sp³-hybridized carbons (Fsp3) is 0.600. The highest BCUT2D eigenvalue weighted by molar-refractivity contribution is 7.89. The van der Waals surface area contributed by atoms with Crippen LogP contribution >= 0.6 is 0 Å². The highest BCUT2D eigenvalue weighted by atomic mass is 32.2. The number of nitrogens with zero attached hydrogens (tertiary/aromatic N) is 1. The number of sulfonamides is 1. The number of ether oxygens (including phenoxy) is 1. The molecule has 6 heteroatoms. The van der Waals surface area contributed by atoms with Crippen molar-refractivity contribution in [1.29, 1.82) is 0 Å². The topological polar surface area (TPSA) is 72.6 Å². The summed E-state index contributed by atoms with van der Waals surface area (Å²) >= 11 is 0. The van der Waals surface area contributed by atoms with Crippen molar-refractivity contribution < 1.29 is 13.2 Å². The molecule has 1 aromatic rings. The first-order valence-electron chi connectivity index (χ1n) is 7.30. The van der Waals surface area contributed by atoms with E-state index in [1.54, 1.807) is 29.6 Å². The van der Waals surface area contributed by atoms with Crippen molar-refractivity contribution in [1.82, 2.24) is 4.31 Å². The van der Waals surface area contributed by atoms with Crippen LogP contribution in [0.15, 0.2) is 23.1 Å². The molecule has 118 valence electrons. The van der Waals surface area contributed by atoms with Gasteiger partial charge in [0, 0.05) is 18.6 Å². The summed E-state index contributed by atoms with van der Waals surface area (Å²) in [6.45, 7) is 4.26. The Morgan fingerprint density at radius 2 is 2.10 bits per heavy atom. The summed E-state index contributed by atoms with van der Waals surface area (Å²) in [5.74, 6) is 0.691. The largest absolute Gasteiger partial charge is 0.496 e. The SMILES string of the molecule is COc1ccc(S(=O)(=O)N2CCCC[C@@H]2[C@@H](C)N)cc1C. The van der Waals surface area contributed by atoms with Crippen LogP contribution in [0.5, 0.6) is 5.75 Å². The molecular weight excluding hydrogens is 288 g/mol. The quantitative estimate of drug-likeness (QED) is 0.921. The van der Waals surface area contributed by atoms with Crippen molar-refractivity contribution >= 4 is 10.0 Å². The smallest absolute Gasteiger partial charge is 0.243 e. The zero-order valence-corrected chi connectivity index (χ0v) is 13.7. The Kier molecular flexibility index (Phi) is 4.91. The third kappa shape index (κ3) is 3.22. The summed E-state index contributed by atoms with van der Waals surface area (Å²) in [5, 5.41) is 0. The molecule has 0 unspecified atom stereocenters. The molecule has 0 saturated carbocycles. The lowest BCUT2D eigenvalue weighted by Crippen LogP contribution is -2.51. The molecule has 1 saturated heterocycles. The molecule has 2 atom stereocenters. The molecule has 5 nitrogen and oxygen atoms in total. The van der Waals surface area contributed by atoms with Crippen LogP contribution in [0.4, 0.5) is 0 Å². The van der Waals surface area contributed by atoms with Crippen LogP contribution in [-0.2, 0) is 10.0 Å². The van der Waals surface area contributed by atoms with Crippen molar-refractivity contribution in [3.05, 3.63) is 23.8 Å². The zero-order chi connectivity index (χ0) is 15.6. The molecule has 21 heavy (non-hydrogen) atoms. The summed E-state index contributed by atoms with van der Waals surface area (Å²) in [7, 11) is -1.93. The van der Waals surface area contributed by atoms with E-state index in [9.17, 15) is 8.42 Å². The Morgan fingerprint density at radius 1 is 1.38 bits per heavy atom. The maximum Gasteiger partial charge on any atom is 0.243 e. The van der Waals surface area contributed by atoms with Crippen molar-refractivity contribution in [2.24, 2.45) is 5.73 Å².